The quantitative estimate of drug-likeness (QED) is 0.629. The van der Waals surface area contributed by atoms with Gasteiger partial charge in [-0.3, -0.25) is 19.6 Å². The van der Waals surface area contributed by atoms with Crippen LogP contribution in [0.2, 0.25) is 0 Å². The number of carbonyl (C=O) groups excluding carboxylic acids is 1. The van der Waals surface area contributed by atoms with Crippen molar-refractivity contribution >= 4 is 5.91 Å². The first kappa shape index (κ1) is 20.0. The maximum Gasteiger partial charge on any atom is 0.433 e. The molecule has 1 amide bonds. The van der Waals surface area contributed by atoms with Crippen LogP contribution < -0.4 is 5.32 Å². The number of hydrogen-bond acceptors (Lipinski definition) is 4. The average molecular weight is 422 g/mol. The van der Waals surface area contributed by atoms with E-state index in [1.807, 2.05) is 0 Å². The SMILES string of the molecule is CCc1[nH]nc(C(=O)NC2CCCn3nc(-c4ccnc(C(F)(F)F)c4)cc32)c1F. The van der Waals surface area contributed by atoms with E-state index in [1.54, 1.807) is 17.7 Å². The first-order valence-corrected chi connectivity index (χ1v) is 9.43. The fraction of sp³-hybridized carbons (Fsp3) is 0.368. The summed E-state index contributed by atoms with van der Waals surface area (Å²) in [5.74, 6) is -1.34. The zero-order valence-corrected chi connectivity index (χ0v) is 15.9. The van der Waals surface area contributed by atoms with Gasteiger partial charge in [0.25, 0.3) is 5.91 Å². The Kier molecular flexibility index (Phi) is 5.04. The Balaban J connectivity index is 1.60. The van der Waals surface area contributed by atoms with E-state index < -0.39 is 29.6 Å². The van der Waals surface area contributed by atoms with Crippen LogP contribution in [0.5, 0.6) is 0 Å². The summed E-state index contributed by atoms with van der Waals surface area (Å²) in [6.07, 6.45) is -1.81. The van der Waals surface area contributed by atoms with E-state index in [2.05, 4.69) is 25.6 Å². The largest absolute Gasteiger partial charge is 0.433 e. The topological polar surface area (TPSA) is 88.5 Å². The monoisotopic (exact) mass is 422 g/mol. The number of aromatic nitrogens is 5. The van der Waals surface area contributed by atoms with Crippen molar-refractivity contribution in [3.05, 3.63) is 53.0 Å². The third-order valence-corrected chi connectivity index (χ3v) is 5.03. The fourth-order valence-electron chi connectivity index (χ4n) is 3.49. The molecule has 30 heavy (non-hydrogen) atoms. The van der Waals surface area contributed by atoms with Crippen molar-refractivity contribution in [1.82, 2.24) is 30.3 Å². The molecule has 158 valence electrons. The number of amides is 1. The lowest BCUT2D eigenvalue weighted by molar-refractivity contribution is -0.141. The summed E-state index contributed by atoms with van der Waals surface area (Å²) in [4.78, 5) is 15.9. The first-order valence-electron chi connectivity index (χ1n) is 9.43. The van der Waals surface area contributed by atoms with E-state index >= 15 is 0 Å². The lowest BCUT2D eigenvalue weighted by Gasteiger charge is -2.24. The summed E-state index contributed by atoms with van der Waals surface area (Å²) in [6, 6.07) is 3.56. The molecular weight excluding hydrogens is 404 g/mol. The van der Waals surface area contributed by atoms with E-state index in [4.69, 9.17) is 0 Å². The van der Waals surface area contributed by atoms with Gasteiger partial charge in [-0.15, -0.1) is 0 Å². The summed E-state index contributed by atoms with van der Waals surface area (Å²) >= 11 is 0. The van der Waals surface area contributed by atoms with Crippen molar-refractivity contribution in [3.63, 3.8) is 0 Å². The second-order valence-corrected chi connectivity index (χ2v) is 6.99. The molecule has 0 bridgehead atoms. The van der Waals surface area contributed by atoms with E-state index in [-0.39, 0.29) is 17.0 Å². The van der Waals surface area contributed by atoms with E-state index in [1.165, 1.54) is 6.07 Å². The molecule has 4 heterocycles. The summed E-state index contributed by atoms with van der Waals surface area (Å²) < 4.78 is 54.8. The lowest BCUT2D eigenvalue weighted by Crippen LogP contribution is -2.33. The molecule has 11 heteroatoms. The third kappa shape index (κ3) is 3.66. The van der Waals surface area contributed by atoms with Gasteiger partial charge in [0.1, 0.15) is 5.69 Å². The van der Waals surface area contributed by atoms with E-state index in [0.29, 0.717) is 37.2 Å². The highest BCUT2D eigenvalue weighted by molar-refractivity contribution is 5.93. The second kappa shape index (κ2) is 7.54. The zero-order chi connectivity index (χ0) is 21.5. The standard InChI is InChI=1S/C19H18F4N6O/c1-2-11-16(20)17(27-26-11)18(30)25-12-4-3-7-29-14(12)9-13(28-29)10-5-6-24-15(8-10)19(21,22)23/h5-6,8-9,12H,2-4,7H2,1H3,(H,25,30)(H,26,27). The van der Waals surface area contributed by atoms with Gasteiger partial charge in [-0.25, -0.2) is 4.39 Å². The van der Waals surface area contributed by atoms with Crippen molar-refractivity contribution in [3.8, 4) is 11.3 Å². The van der Waals surface area contributed by atoms with Crippen LogP contribution in [-0.2, 0) is 19.1 Å². The number of H-pyrrole nitrogens is 1. The van der Waals surface area contributed by atoms with E-state index in [9.17, 15) is 22.4 Å². The van der Waals surface area contributed by atoms with Crippen LogP contribution in [0.3, 0.4) is 0 Å². The number of aryl methyl sites for hydroxylation is 2. The Labute approximate surface area is 168 Å². The predicted octanol–water partition coefficient (Wildman–Crippen LogP) is 3.65. The number of hydrogen-bond donors (Lipinski definition) is 2. The number of nitrogens with zero attached hydrogens (tertiary/aromatic N) is 4. The molecule has 0 aromatic carbocycles. The molecule has 0 radical (unpaired) electrons. The fourth-order valence-corrected chi connectivity index (χ4v) is 3.49. The molecule has 1 unspecified atom stereocenters. The number of halogens is 4. The molecule has 4 rings (SSSR count). The summed E-state index contributed by atoms with van der Waals surface area (Å²) in [5, 5.41) is 13.4. The highest BCUT2D eigenvalue weighted by atomic mass is 19.4. The van der Waals surface area contributed by atoms with Gasteiger partial charge in [-0.05, 0) is 37.5 Å². The van der Waals surface area contributed by atoms with Gasteiger partial charge >= 0.3 is 6.18 Å². The van der Waals surface area contributed by atoms with Crippen LogP contribution in [0, 0.1) is 5.82 Å². The Hall–Kier alpha value is -3.24. The molecule has 3 aromatic rings. The normalized spacial score (nSPS) is 16.4. The minimum absolute atomic E-state index is 0.245. The van der Waals surface area contributed by atoms with Crippen molar-refractivity contribution in [2.45, 2.75) is 44.9 Å². The number of aromatic amines is 1. The molecule has 1 atom stereocenters. The van der Waals surface area contributed by atoms with Crippen LogP contribution in [0.1, 0.15) is 53.4 Å². The number of fused-ring (bicyclic) bond motifs is 1. The van der Waals surface area contributed by atoms with Gasteiger partial charge in [0, 0.05) is 18.3 Å². The van der Waals surface area contributed by atoms with Gasteiger partial charge in [0.05, 0.1) is 23.1 Å². The number of alkyl halides is 3. The molecule has 2 N–H and O–H groups in total. The predicted molar refractivity (Wildman–Crippen MR) is 97.8 cm³/mol. The Morgan fingerprint density at radius 3 is 2.87 bits per heavy atom. The van der Waals surface area contributed by atoms with Crippen molar-refractivity contribution in [2.24, 2.45) is 0 Å². The average Bonchev–Trinajstić information content (AvgIpc) is 3.31. The molecule has 0 spiro atoms. The summed E-state index contributed by atoms with van der Waals surface area (Å²) in [7, 11) is 0. The summed E-state index contributed by atoms with van der Waals surface area (Å²) in [5.41, 5.74) is 0.189. The highest BCUT2D eigenvalue weighted by Crippen LogP contribution is 2.32. The van der Waals surface area contributed by atoms with Crippen molar-refractivity contribution in [2.75, 3.05) is 0 Å². The van der Waals surface area contributed by atoms with Crippen LogP contribution >= 0.6 is 0 Å². The molecule has 0 fully saturated rings. The molecule has 0 saturated heterocycles. The van der Waals surface area contributed by atoms with Gasteiger partial charge < -0.3 is 5.32 Å². The Morgan fingerprint density at radius 2 is 2.17 bits per heavy atom. The number of rotatable bonds is 4. The molecule has 0 saturated carbocycles. The number of pyridine rings is 1. The molecular formula is C19H18F4N6O. The molecule has 1 aliphatic heterocycles. The number of carbonyl (C=O) groups is 1. The Morgan fingerprint density at radius 1 is 1.37 bits per heavy atom. The lowest BCUT2D eigenvalue weighted by atomic mass is 10.0. The van der Waals surface area contributed by atoms with Crippen LogP contribution in [0.25, 0.3) is 11.3 Å². The van der Waals surface area contributed by atoms with Gasteiger partial charge in [0.15, 0.2) is 11.5 Å². The maximum absolute atomic E-state index is 14.2. The molecule has 1 aliphatic rings. The van der Waals surface area contributed by atoms with E-state index in [0.717, 1.165) is 12.3 Å². The van der Waals surface area contributed by atoms with Crippen LogP contribution in [0.15, 0.2) is 24.4 Å². The molecule has 0 aliphatic carbocycles. The second-order valence-electron chi connectivity index (χ2n) is 6.99. The first-order chi connectivity index (χ1) is 14.3. The minimum atomic E-state index is -4.56. The highest BCUT2D eigenvalue weighted by Gasteiger charge is 2.33. The van der Waals surface area contributed by atoms with Gasteiger partial charge in [-0.1, -0.05) is 6.92 Å². The van der Waals surface area contributed by atoms with Gasteiger partial charge in [0.2, 0.25) is 0 Å². The van der Waals surface area contributed by atoms with Crippen LogP contribution in [0.4, 0.5) is 17.6 Å². The summed E-state index contributed by atoms with van der Waals surface area (Å²) in [6.45, 7) is 2.30. The Bertz CT molecular complexity index is 1090. The van der Waals surface area contributed by atoms with Crippen molar-refractivity contribution in [1.29, 1.82) is 0 Å². The number of nitrogens with one attached hydrogen (secondary N) is 2. The smallest absolute Gasteiger partial charge is 0.342 e. The molecule has 3 aromatic heterocycles. The zero-order valence-electron chi connectivity index (χ0n) is 15.9. The molecule has 7 nitrogen and oxygen atoms in total. The minimum Gasteiger partial charge on any atom is -0.342 e. The van der Waals surface area contributed by atoms with Crippen LogP contribution in [-0.4, -0.2) is 30.9 Å². The third-order valence-electron chi connectivity index (χ3n) is 5.03. The van der Waals surface area contributed by atoms with Crippen molar-refractivity contribution < 1.29 is 22.4 Å². The maximum atomic E-state index is 14.2. The van der Waals surface area contributed by atoms with Gasteiger partial charge in [-0.2, -0.15) is 23.4 Å².